The molecule has 2 amide bonds. The minimum atomic E-state index is -0.407. The molecule has 5 nitrogen and oxygen atoms in total. The third kappa shape index (κ3) is 7.01. The van der Waals surface area contributed by atoms with Crippen molar-refractivity contribution in [1.29, 1.82) is 0 Å². The molecule has 1 aromatic rings. The van der Waals surface area contributed by atoms with Crippen LogP contribution in [0.5, 0.6) is 0 Å². The molecule has 0 heterocycles. The summed E-state index contributed by atoms with van der Waals surface area (Å²) in [4.78, 5) is 11.8. The van der Waals surface area contributed by atoms with Crippen LogP contribution in [0.15, 0.2) is 30.3 Å². The molecular weight excluding hydrogens is 292 g/mol. The van der Waals surface area contributed by atoms with Crippen LogP contribution in [0.2, 0.25) is 0 Å². The Bertz CT molecular complexity index is 453. The van der Waals surface area contributed by atoms with Gasteiger partial charge in [-0.3, -0.25) is 0 Å². The Balaban J connectivity index is 1.46. The molecule has 0 radical (unpaired) electrons. The molecule has 1 fully saturated rings. The molecule has 0 bridgehead atoms. The summed E-state index contributed by atoms with van der Waals surface area (Å²) >= 11 is 0. The van der Waals surface area contributed by atoms with Gasteiger partial charge in [0.1, 0.15) is 0 Å². The molecule has 0 aromatic heterocycles. The van der Waals surface area contributed by atoms with E-state index in [1.165, 1.54) is 5.56 Å². The number of carbonyl (C=O) groups excluding carboxylic acids is 1. The van der Waals surface area contributed by atoms with Crippen molar-refractivity contribution in [2.24, 2.45) is 0 Å². The summed E-state index contributed by atoms with van der Waals surface area (Å²) in [5.74, 6) is 0. The smallest absolute Gasteiger partial charge is 0.315 e. The second-order valence-electron chi connectivity index (χ2n) is 6.06. The van der Waals surface area contributed by atoms with E-state index in [4.69, 9.17) is 4.74 Å². The van der Waals surface area contributed by atoms with Crippen LogP contribution in [-0.2, 0) is 11.2 Å². The highest BCUT2D eigenvalue weighted by atomic mass is 16.5. The van der Waals surface area contributed by atoms with Gasteiger partial charge in [-0.25, -0.2) is 4.79 Å². The molecule has 2 unspecified atom stereocenters. The maximum atomic E-state index is 11.8. The summed E-state index contributed by atoms with van der Waals surface area (Å²) < 4.78 is 5.57. The minimum Gasteiger partial charge on any atom is -0.391 e. The largest absolute Gasteiger partial charge is 0.391 e. The molecule has 5 heteroatoms. The summed E-state index contributed by atoms with van der Waals surface area (Å²) in [7, 11) is 0. The van der Waals surface area contributed by atoms with E-state index in [2.05, 4.69) is 22.8 Å². The standard InChI is InChI=1S/C18H28N2O3/c21-17-10-5-4-9-16(17)20-18(22)19-12-6-13-23-14-11-15-7-2-1-3-8-15/h1-3,7-8,16-17,21H,4-6,9-14H2,(H2,19,20,22). The zero-order chi connectivity index (χ0) is 16.3. The van der Waals surface area contributed by atoms with Gasteiger partial charge in [0, 0.05) is 13.2 Å². The molecule has 0 saturated heterocycles. The first-order valence-corrected chi connectivity index (χ1v) is 8.60. The molecular formula is C18H28N2O3. The molecule has 1 aliphatic carbocycles. The molecule has 1 saturated carbocycles. The Morgan fingerprint density at radius 1 is 1.17 bits per heavy atom. The van der Waals surface area contributed by atoms with Crippen LogP contribution < -0.4 is 10.6 Å². The second-order valence-corrected chi connectivity index (χ2v) is 6.06. The first-order chi connectivity index (χ1) is 11.3. The van der Waals surface area contributed by atoms with Crippen molar-refractivity contribution in [3.63, 3.8) is 0 Å². The van der Waals surface area contributed by atoms with Gasteiger partial charge < -0.3 is 20.5 Å². The summed E-state index contributed by atoms with van der Waals surface area (Å²) in [6.07, 6.45) is 5.04. The van der Waals surface area contributed by atoms with Gasteiger partial charge in [-0.1, -0.05) is 43.2 Å². The van der Waals surface area contributed by atoms with Crippen LogP contribution in [-0.4, -0.2) is 43.0 Å². The van der Waals surface area contributed by atoms with Crippen molar-refractivity contribution in [3.05, 3.63) is 35.9 Å². The van der Waals surface area contributed by atoms with Crippen molar-refractivity contribution in [2.45, 2.75) is 50.7 Å². The fourth-order valence-corrected chi connectivity index (χ4v) is 2.81. The number of hydrogen-bond acceptors (Lipinski definition) is 3. The number of rotatable bonds is 8. The van der Waals surface area contributed by atoms with Crippen molar-refractivity contribution in [1.82, 2.24) is 10.6 Å². The lowest BCUT2D eigenvalue weighted by Crippen LogP contribution is -2.49. The zero-order valence-electron chi connectivity index (χ0n) is 13.7. The number of benzene rings is 1. The number of amides is 2. The average Bonchev–Trinajstić information content (AvgIpc) is 2.57. The first-order valence-electron chi connectivity index (χ1n) is 8.60. The molecule has 2 rings (SSSR count). The van der Waals surface area contributed by atoms with Gasteiger partial charge in [0.2, 0.25) is 0 Å². The highest BCUT2D eigenvalue weighted by Crippen LogP contribution is 2.18. The molecule has 0 aliphatic heterocycles. The highest BCUT2D eigenvalue weighted by Gasteiger charge is 2.24. The Hall–Kier alpha value is -1.59. The topological polar surface area (TPSA) is 70.6 Å². The molecule has 2 atom stereocenters. The minimum absolute atomic E-state index is 0.106. The first kappa shape index (κ1) is 17.8. The van der Waals surface area contributed by atoms with Crippen LogP contribution in [0.25, 0.3) is 0 Å². The number of hydrogen-bond donors (Lipinski definition) is 3. The van der Waals surface area contributed by atoms with Gasteiger partial charge >= 0.3 is 6.03 Å². The molecule has 128 valence electrons. The van der Waals surface area contributed by atoms with Gasteiger partial charge in [0.05, 0.1) is 18.8 Å². The maximum absolute atomic E-state index is 11.8. The number of ether oxygens (including phenoxy) is 1. The number of urea groups is 1. The lowest BCUT2D eigenvalue weighted by molar-refractivity contribution is 0.0941. The normalized spacial score (nSPS) is 20.9. The third-order valence-electron chi connectivity index (χ3n) is 4.17. The predicted molar refractivity (Wildman–Crippen MR) is 90.4 cm³/mol. The van der Waals surface area contributed by atoms with E-state index in [1.54, 1.807) is 0 Å². The van der Waals surface area contributed by atoms with E-state index < -0.39 is 6.10 Å². The second kappa shape index (κ2) is 10.2. The Morgan fingerprint density at radius 3 is 2.74 bits per heavy atom. The van der Waals surface area contributed by atoms with Crippen LogP contribution in [0, 0.1) is 0 Å². The third-order valence-corrected chi connectivity index (χ3v) is 4.17. The summed E-state index contributed by atoms with van der Waals surface area (Å²) in [5.41, 5.74) is 1.27. The number of aliphatic hydroxyl groups excluding tert-OH is 1. The van der Waals surface area contributed by atoms with E-state index >= 15 is 0 Å². The van der Waals surface area contributed by atoms with Crippen LogP contribution in [0.1, 0.15) is 37.7 Å². The maximum Gasteiger partial charge on any atom is 0.315 e. The van der Waals surface area contributed by atoms with E-state index in [-0.39, 0.29) is 12.1 Å². The zero-order valence-corrected chi connectivity index (χ0v) is 13.7. The van der Waals surface area contributed by atoms with Crippen LogP contribution in [0.3, 0.4) is 0 Å². The average molecular weight is 320 g/mol. The lowest BCUT2D eigenvalue weighted by Gasteiger charge is -2.28. The number of carbonyl (C=O) groups is 1. The van der Waals surface area contributed by atoms with E-state index in [0.717, 1.165) is 38.5 Å². The van der Waals surface area contributed by atoms with Crippen molar-refractivity contribution < 1.29 is 14.6 Å². The van der Waals surface area contributed by atoms with E-state index in [1.807, 2.05) is 18.2 Å². The van der Waals surface area contributed by atoms with Gasteiger partial charge in [-0.15, -0.1) is 0 Å². The van der Waals surface area contributed by atoms with Crippen molar-refractivity contribution in [3.8, 4) is 0 Å². The fraction of sp³-hybridized carbons (Fsp3) is 0.611. The van der Waals surface area contributed by atoms with Gasteiger partial charge in [0.25, 0.3) is 0 Å². The summed E-state index contributed by atoms with van der Waals surface area (Å²) in [5, 5.41) is 15.5. The van der Waals surface area contributed by atoms with E-state index in [9.17, 15) is 9.90 Å². The Kier molecular flexibility index (Phi) is 7.90. The van der Waals surface area contributed by atoms with Crippen LogP contribution in [0.4, 0.5) is 4.79 Å². The molecule has 1 aliphatic rings. The van der Waals surface area contributed by atoms with Crippen LogP contribution >= 0.6 is 0 Å². The summed E-state index contributed by atoms with van der Waals surface area (Å²) in [6.45, 7) is 1.92. The van der Waals surface area contributed by atoms with Gasteiger partial charge in [-0.2, -0.15) is 0 Å². The van der Waals surface area contributed by atoms with Crippen molar-refractivity contribution in [2.75, 3.05) is 19.8 Å². The molecule has 3 N–H and O–H groups in total. The predicted octanol–water partition coefficient (Wildman–Crippen LogP) is 2.24. The number of aliphatic hydroxyl groups is 1. The van der Waals surface area contributed by atoms with Gasteiger partial charge in [-0.05, 0) is 31.2 Å². The monoisotopic (exact) mass is 320 g/mol. The fourth-order valence-electron chi connectivity index (χ4n) is 2.81. The number of nitrogens with one attached hydrogen (secondary N) is 2. The van der Waals surface area contributed by atoms with Crippen molar-refractivity contribution >= 4 is 6.03 Å². The molecule has 0 spiro atoms. The Morgan fingerprint density at radius 2 is 1.96 bits per heavy atom. The quantitative estimate of drug-likeness (QED) is 0.643. The van der Waals surface area contributed by atoms with Gasteiger partial charge in [0.15, 0.2) is 0 Å². The Labute approximate surface area is 138 Å². The lowest BCUT2D eigenvalue weighted by atomic mass is 9.93. The summed E-state index contributed by atoms with van der Waals surface area (Å²) in [6, 6.07) is 9.95. The molecule has 1 aromatic carbocycles. The SMILES string of the molecule is O=C(NCCCOCCc1ccccc1)NC1CCCCC1O. The molecule has 23 heavy (non-hydrogen) atoms. The van der Waals surface area contributed by atoms with E-state index in [0.29, 0.717) is 19.8 Å². The highest BCUT2D eigenvalue weighted by molar-refractivity contribution is 5.74.